The van der Waals surface area contributed by atoms with Crippen molar-refractivity contribution >= 4 is 26.4 Å². The van der Waals surface area contributed by atoms with E-state index in [1.54, 1.807) is 17.7 Å². The zero-order valence-electron chi connectivity index (χ0n) is 7.95. The quantitative estimate of drug-likeness (QED) is 0.526. The molecule has 1 aliphatic rings. The molecule has 0 aromatic carbocycles. The van der Waals surface area contributed by atoms with E-state index in [1.807, 2.05) is 0 Å². The van der Waals surface area contributed by atoms with Crippen molar-refractivity contribution < 1.29 is 9.00 Å². The van der Waals surface area contributed by atoms with Gasteiger partial charge in [-0.1, -0.05) is 17.2 Å². The molecular weight excluding hydrogens is 204 g/mol. The highest BCUT2D eigenvalue weighted by atomic mass is 33.1. The molecule has 2 atom stereocenters. The third-order valence-corrected chi connectivity index (χ3v) is 5.64. The van der Waals surface area contributed by atoms with Gasteiger partial charge in [0, 0.05) is 17.4 Å². The fraction of sp³-hybridized carbons (Fsp3) is 0.889. The van der Waals surface area contributed by atoms with E-state index in [4.69, 9.17) is 0 Å². The van der Waals surface area contributed by atoms with Gasteiger partial charge in [-0.2, -0.15) is 0 Å². The number of hydrogen-bond acceptors (Lipinski definition) is 3. The van der Waals surface area contributed by atoms with Crippen LogP contribution in [0.5, 0.6) is 0 Å². The molecule has 4 heteroatoms. The lowest BCUT2D eigenvalue weighted by Crippen LogP contribution is -1.98. The smallest absolute Gasteiger partial charge is 0.129 e. The summed E-state index contributed by atoms with van der Waals surface area (Å²) in [7, 11) is 0.994. The van der Waals surface area contributed by atoms with E-state index >= 15 is 0 Å². The van der Waals surface area contributed by atoms with Gasteiger partial charge >= 0.3 is 0 Å². The van der Waals surface area contributed by atoms with Crippen LogP contribution in [0.3, 0.4) is 0 Å². The number of carbonyl (C=O) groups excluding carboxylic acids is 1. The molecule has 1 unspecified atom stereocenters. The van der Waals surface area contributed by atoms with Crippen LogP contribution >= 0.6 is 10.8 Å². The van der Waals surface area contributed by atoms with Gasteiger partial charge in [-0.3, -0.25) is 0 Å². The van der Waals surface area contributed by atoms with Crippen LogP contribution in [0.1, 0.15) is 39.0 Å². The second kappa shape index (κ2) is 5.81. The molecule has 76 valence electrons. The van der Waals surface area contributed by atoms with Gasteiger partial charge in [-0.15, -0.1) is 0 Å². The lowest BCUT2D eigenvalue weighted by atomic mass is 10.1. The maximum Gasteiger partial charge on any atom is 0.129 e. The van der Waals surface area contributed by atoms with Gasteiger partial charge < -0.3 is 4.79 Å². The van der Waals surface area contributed by atoms with E-state index in [9.17, 15) is 9.00 Å². The van der Waals surface area contributed by atoms with Crippen LogP contribution < -0.4 is 0 Å². The average molecular weight is 220 g/mol. The van der Waals surface area contributed by atoms with Crippen LogP contribution in [0.15, 0.2) is 0 Å². The van der Waals surface area contributed by atoms with Crippen LogP contribution in [0, 0.1) is 0 Å². The summed E-state index contributed by atoms with van der Waals surface area (Å²) in [6.45, 7) is 1.64. The Kier molecular flexibility index (Phi) is 5.02. The Morgan fingerprint density at radius 2 is 2.31 bits per heavy atom. The van der Waals surface area contributed by atoms with Gasteiger partial charge in [-0.25, -0.2) is 4.21 Å². The third kappa shape index (κ3) is 4.81. The lowest BCUT2D eigenvalue weighted by Gasteiger charge is -2.04. The van der Waals surface area contributed by atoms with E-state index < -0.39 is 9.83 Å². The molecule has 1 aliphatic heterocycles. The standard InChI is InChI=1S/C9H16O2S2/c1-8(10)4-2-3-5-9-6-7-13(11)12-9/h9H,2-7H2,1H3/t9-,13?/m0/s1. The van der Waals surface area contributed by atoms with Crippen molar-refractivity contribution in [2.75, 3.05) is 5.75 Å². The topological polar surface area (TPSA) is 34.1 Å². The number of Topliss-reactive ketones (excluding diaryl/α,β-unsaturated/α-hetero) is 1. The molecule has 1 rings (SSSR count). The Hall–Kier alpha value is 0.170. The molecule has 0 aromatic heterocycles. The summed E-state index contributed by atoms with van der Waals surface area (Å²) >= 11 is 0. The van der Waals surface area contributed by atoms with Gasteiger partial charge in [0.2, 0.25) is 0 Å². The van der Waals surface area contributed by atoms with Crippen LogP contribution in [-0.2, 0) is 14.6 Å². The zero-order chi connectivity index (χ0) is 9.68. The van der Waals surface area contributed by atoms with Crippen molar-refractivity contribution in [3.8, 4) is 0 Å². The molecule has 1 fully saturated rings. The van der Waals surface area contributed by atoms with Crippen molar-refractivity contribution in [3.63, 3.8) is 0 Å². The fourth-order valence-corrected chi connectivity index (χ4v) is 4.98. The largest absolute Gasteiger partial charge is 0.300 e. The molecule has 0 aliphatic carbocycles. The highest BCUT2D eigenvalue weighted by molar-refractivity contribution is 8.69. The molecule has 0 spiro atoms. The van der Waals surface area contributed by atoms with Crippen molar-refractivity contribution in [2.24, 2.45) is 0 Å². The summed E-state index contributed by atoms with van der Waals surface area (Å²) in [5.74, 6) is 1.14. The third-order valence-electron chi connectivity index (χ3n) is 2.15. The van der Waals surface area contributed by atoms with E-state index in [2.05, 4.69) is 0 Å². The maximum atomic E-state index is 11.0. The van der Waals surface area contributed by atoms with Gasteiger partial charge in [0.15, 0.2) is 0 Å². The van der Waals surface area contributed by atoms with Crippen LogP contribution in [0.2, 0.25) is 0 Å². The molecule has 2 nitrogen and oxygen atoms in total. The number of unbranched alkanes of at least 4 members (excludes halogenated alkanes) is 1. The van der Waals surface area contributed by atoms with E-state index in [1.165, 1.54) is 0 Å². The molecular formula is C9H16O2S2. The van der Waals surface area contributed by atoms with Gasteiger partial charge in [0.1, 0.15) is 5.78 Å². The molecule has 0 aromatic rings. The molecule has 0 saturated carbocycles. The first-order chi connectivity index (χ1) is 6.18. The molecule has 0 bridgehead atoms. The minimum atomic E-state index is -0.617. The zero-order valence-corrected chi connectivity index (χ0v) is 9.59. The van der Waals surface area contributed by atoms with Crippen molar-refractivity contribution in [2.45, 2.75) is 44.3 Å². The second-order valence-corrected chi connectivity index (χ2v) is 7.03. The Morgan fingerprint density at radius 3 is 2.85 bits per heavy atom. The van der Waals surface area contributed by atoms with E-state index in [0.29, 0.717) is 11.7 Å². The predicted molar refractivity (Wildman–Crippen MR) is 58.2 cm³/mol. The molecule has 0 radical (unpaired) electrons. The average Bonchev–Trinajstić information content (AvgIpc) is 2.45. The first-order valence-electron chi connectivity index (χ1n) is 4.73. The molecule has 1 saturated heterocycles. The Labute approximate surface area is 85.7 Å². The fourth-order valence-electron chi connectivity index (χ4n) is 1.41. The summed E-state index contributed by atoms with van der Waals surface area (Å²) < 4.78 is 11.0. The number of carbonyl (C=O) groups is 1. The van der Waals surface area contributed by atoms with E-state index in [0.717, 1.165) is 31.4 Å². The van der Waals surface area contributed by atoms with Crippen LogP contribution in [0.25, 0.3) is 0 Å². The number of ketones is 1. The summed E-state index contributed by atoms with van der Waals surface area (Å²) in [4.78, 5) is 10.6. The Balaban J connectivity index is 2.00. The van der Waals surface area contributed by atoms with E-state index in [-0.39, 0.29) is 5.78 Å². The number of rotatable bonds is 5. The Bertz CT molecular complexity index is 204. The Morgan fingerprint density at radius 1 is 1.54 bits per heavy atom. The van der Waals surface area contributed by atoms with Crippen molar-refractivity contribution in [1.82, 2.24) is 0 Å². The first kappa shape index (κ1) is 11.2. The second-order valence-electron chi connectivity index (χ2n) is 3.46. The van der Waals surface area contributed by atoms with Crippen molar-refractivity contribution in [3.05, 3.63) is 0 Å². The minimum Gasteiger partial charge on any atom is -0.300 e. The first-order valence-corrected chi connectivity index (χ1v) is 7.45. The molecule has 0 amide bonds. The van der Waals surface area contributed by atoms with Crippen LogP contribution in [-0.4, -0.2) is 21.0 Å². The predicted octanol–water partition coefficient (Wildman–Crippen LogP) is 2.31. The van der Waals surface area contributed by atoms with Gasteiger partial charge in [0.05, 0.1) is 9.83 Å². The van der Waals surface area contributed by atoms with Crippen molar-refractivity contribution in [1.29, 1.82) is 0 Å². The van der Waals surface area contributed by atoms with Gasteiger partial charge in [-0.05, 0) is 26.2 Å². The lowest BCUT2D eigenvalue weighted by molar-refractivity contribution is -0.117. The highest BCUT2D eigenvalue weighted by Gasteiger charge is 2.21. The monoisotopic (exact) mass is 220 g/mol. The minimum absolute atomic E-state index is 0.280. The maximum absolute atomic E-state index is 11.0. The number of hydrogen-bond donors (Lipinski definition) is 0. The normalized spacial score (nSPS) is 27.8. The summed E-state index contributed by atoms with van der Waals surface area (Å²) in [5, 5.41) is 0.591. The van der Waals surface area contributed by atoms with Crippen LogP contribution in [0.4, 0.5) is 0 Å². The molecule has 1 heterocycles. The molecule has 13 heavy (non-hydrogen) atoms. The summed E-state index contributed by atoms with van der Waals surface area (Å²) in [6.07, 6.45) is 5.04. The molecule has 0 N–H and O–H groups in total. The highest BCUT2D eigenvalue weighted by Crippen LogP contribution is 2.31. The summed E-state index contributed by atoms with van der Waals surface area (Å²) in [5.41, 5.74) is 0. The summed E-state index contributed by atoms with van der Waals surface area (Å²) in [6, 6.07) is 0. The van der Waals surface area contributed by atoms with Gasteiger partial charge in [0.25, 0.3) is 0 Å². The SMILES string of the molecule is CC(=O)CCCC[C@H]1CCS(=O)S1.